The first kappa shape index (κ1) is 14.5. The van der Waals surface area contributed by atoms with Crippen molar-refractivity contribution in [1.29, 1.82) is 0 Å². The lowest BCUT2D eigenvalue weighted by molar-refractivity contribution is 0.468. The second-order valence-electron chi connectivity index (χ2n) is 6.57. The first-order valence-electron chi connectivity index (χ1n) is 6.74. The summed E-state index contributed by atoms with van der Waals surface area (Å²) in [6.07, 6.45) is 0. The van der Waals surface area contributed by atoms with E-state index in [1.54, 1.807) is 0 Å². The lowest BCUT2D eigenvalue weighted by atomic mass is 9.86. The molecule has 1 aromatic carbocycles. The molecule has 1 N–H and O–H groups in total. The summed E-state index contributed by atoms with van der Waals surface area (Å²) in [5.74, 6) is 0.440. The van der Waals surface area contributed by atoms with Crippen molar-refractivity contribution in [3.05, 3.63) is 35.4 Å². The smallest absolute Gasteiger partial charge is 0.153 e. The van der Waals surface area contributed by atoms with Crippen LogP contribution in [0.2, 0.25) is 0 Å². The van der Waals surface area contributed by atoms with Crippen LogP contribution in [0, 0.1) is 0 Å². The Labute approximate surface area is 116 Å². The molecule has 0 saturated carbocycles. The summed E-state index contributed by atoms with van der Waals surface area (Å²) in [4.78, 5) is 0. The van der Waals surface area contributed by atoms with Gasteiger partial charge in [-0.1, -0.05) is 45.0 Å². The van der Waals surface area contributed by atoms with Gasteiger partial charge in [0.05, 0.1) is 11.5 Å². The van der Waals surface area contributed by atoms with Crippen molar-refractivity contribution in [1.82, 2.24) is 5.32 Å². The van der Waals surface area contributed by atoms with Crippen LogP contribution in [0.5, 0.6) is 0 Å². The molecule has 0 aliphatic carbocycles. The highest BCUT2D eigenvalue weighted by molar-refractivity contribution is 7.91. The molecule has 1 heterocycles. The number of hydrogen-bond acceptors (Lipinski definition) is 3. The van der Waals surface area contributed by atoms with E-state index in [0.29, 0.717) is 0 Å². The van der Waals surface area contributed by atoms with Gasteiger partial charge in [0, 0.05) is 12.1 Å². The predicted molar refractivity (Wildman–Crippen MR) is 79.1 cm³/mol. The Morgan fingerprint density at radius 2 is 1.68 bits per heavy atom. The van der Waals surface area contributed by atoms with Crippen molar-refractivity contribution in [3.8, 4) is 0 Å². The topological polar surface area (TPSA) is 46.2 Å². The average molecular weight is 281 g/mol. The number of sulfone groups is 1. The van der Waals surface area contributed by atoms with Gasteiger partial charge in [-0.05, 0) is 23.5 Å². The molecule has 106 valence electrons. The van der Waals surface area contributed by atoms with Gasteiger partial charge in [0.2, 0.25) is 0 Å². The monoisotopic (exact) mass is 281 g/mol. The normalized spacial score (nSPS) is 27.2. The van der Waals surface area contributed by atoms with Crippen LogP contribution in [0.1, 0.15) is 44.9 Å². The molecule has 1 fully saturated rings. The van der Waals surface area contributed by atoms with Gasteiger partial charge in [-0.25, -0.2) is 8.42 Å². The molecule has 1 saturated heterocycles. The van der Waals surface area contributed by atoms with Gasteiger partial charge in [-0.3, -0.25) is 0 Å². The Kier molecular flexibility index (Phi) is 3.76. The molecule has 2 rings (SSSR count). The predicted octanol–water partition coefficient (Wildman–Crippen LogP) is 2.43. The van der Waals surface area contributed by atoms with Gasteiger partial charge in [0.15, 0.2) is 9.84 Å². The summed E-state index contributed by atoms with van der Waals surface area (Å²) >= 11 is 0. The molecule has 1 aromatic rings. The van der Waals surface area contributed by atoms with Crippen molar-refractivity contribution >= 4 is 9.84 Å². The maximum absolute atomic E-state index is 11.8. The van der Waals surface area contributed by atoms with E-state index in [-0.39, 0.29) is 29.0 Å². The van der Waals surface area contributed by atoms with E-state index in [1.165, 1.54) is 5.56 Å². The summed E-state index contributed by atoms with van der Waals surface area (Å²) in [6.45, 7) is 8.45. The highest BCUT2D eigenvalue weighted by Crippen LogP contribution is 2.26. The fourth-order valence-corrected chi connectivity index (χ4v) is 4.34. The van der Waals surface area contributed by atoms with Crippen molar-refractivity contribution < 1.29 is 8.42 Å². The molecule has 1 aliphatic heterocycles. The van der Waals surface area contributed by atoms with E-state index < -0.39 is 9.84 Å². The third-order valence-corrected chi connectivity index (χ3v) is 5.44. The van der Waals surface area contributed by atoms with E-state index >= 15 is 0 Å². The number of benzene rings is 1. The second-order valence-corrected chi connectivity index (χ2v) is 8.72. The van der Waals surface area contributed by atoms with Gasteiger partial charge in [-0.15, -0.1) is 0 Å². The fraction of sp³-hybridized carbons (Fsp3) is 0.600. The molecule has 2 unspecified atom stereocenters. The zero-order valence-electron chi connectivity index (χ0n) is 12.1. The third-order valence-electron chi connectivity index (χ3n) is 3.59. The molecular weight excluding hydrogens is 258 g/mol. The molecule has 3 nitrogen and oxygen atoms in total. The van der Waals surface area contributed by atoms with Gasteiger partial charge >= 0.3 is 0 Å². The zero-order chi connectivity index (χ0) is 14.3. The van der Waals surface area contributed by atoms with Crippen LogP contribution in [-0.4, -0.2) is 26.0 Å². The standard InChI is InChI=1S/C15H23NO2S/c1-11-9-19(17,18)10-14(16-11)12-5-7-13(8-6-12)15(2,3)4/h5-8,11,14,16H,9-10H2,1-4H3. The van der Waals surface area contributed by atoms with Gasteiger partial charge in [0.1, 0.15) is 0 Å². The number of hydrogen-bond donors (Lipinski definition) is 1. The molecule has 0 aromatic heterocycles. The van der Waals surface area contributed by atoms with Crippen molar-refractivity contribution in [3.63, 3.8) is 0 Å². The Morgan fingerprint density at radius 1 is 1.11 bits per heavy atom. The Hall–Kier alpha value is -0.870. The molecule has 19 heavy (non-hydrogen) atoms. The third kappa shape index (κ3) is 3.57. The Morgan fingerprint density at radius 3 is 2.16 bits per heavy atom. The Balaban J connectivity index is 2.23. The van der Waals surface area contributed by atoms with Crippen molar-refractivity contribution in [2.45, 2.75) is 45.2 Å². The largest absolute Gasteiger partial charge is 0.306 e. The SMILES string of the molecule is CC1CS(=O)(=O)CC(c2ccc(C(C)(C)C)cc2)N1. The minimum atomic E-state index is -2.93. The number of nitrogens with one attached hydrogen (secondary N) is 1. The van der Waals surface area contributed by atoms with Crippen molar-refractivity contribution in [2.24, 2.45) is 0 Å². The Bertz CT molecular complexity index is 541. The summed E-state index contributed by atoms with van der Waals surface area (Å²) in [5, 5.41) is 3.37. The first-order chi connectivity index (χ1) is 8.67. The highest BCUT2D eigenvalue weighted by Gasteiger charge is 2.29. The maximum atomic E-state index is 11.8. The maximum Gasteiger partial charge on any atom is 0.153 e. The van der Waals surface area contributed by atoms with Crippen LogP contribution in [0.3, 0.4) is 0 Å². The van der Waals surface area contributed by atoms with Gasteiger partial charge in [0.25, 0.3) is 0 Å². The lowest BCUT2D eigenvalue weighted by Crippen LogP contribution is -2.45. The molecule has 2 atom stereocenters. The summed E-state index contributed by atoms with van der Waals surface area (Å²) in [7, 11) is -2.93. The fourth-order valence-electron chi connectivity index (χ4n) is 2.55. The van der Waals surface area contributed by atoms with Crippen LogP contribution in [0.15, 0.2) is 24.3 Å². The summed E-state index contributed by atoms with van der Waals surface area (Å²) < 4.78 is 23.7. The summed E-state index contributed by atoms with van der Waals surface area (Å²) in [6, 6.07) is 8.23. The van der Waals surface area contributed by atoms with Crippen LogP contribution >= 0.6 is 0 Å². The van der Waals surface area contributed by atoms with Gasteiger partial charge < -0.3 is 5.32 Å². The highest BCUT2D eigenvalue weighted by atomic mass is 32.2. The van der Waals surface area contributed by atoms with E-state index in [2.05, 4.69) is 38.2 Å². The quantitative estimate of drug-likeness (QED) is 0.860. The van der Waals surface area contributed by atoms with E-state index in [0.717, 1.165) is 5.56 Å². The van der Waals surface area contributed by atoms with Gasteiger partial charge in [-0.2, -0.15) is 0 Å². The average Bonchev–Trinajstić information content (AvgIpc) is 2.25. The molecule has 1 aliphatic rings. The molecule has 4 heteroatoms. The van der Waals surface area contributed by atoms with E-state index in [1.807, 2.05) is 19.1 Å². The zero-order valence-corrected chi connectivity index (χ0v) is 12.9. The van der Waals surface area contributed by atoms with Crippen LogP contribution < -0.4 is 5.32 Å². The second kappa shape index (κ2) is 4.91. The number of rotatable bonds is 1. The molecular formula is C15H23NO2S. The lowest BCUT2D eigenvalue weighted by Gasteiger charge is -2.29. The minimum absolute atomic E-state index is 0.0195. The first-order valence-corrected chi connectivity index (χ1v) is 8.56. The minimum Gasteiger partial charge on any atom is -0.306 e. The molecule has 0 radical (unpaired) electrons. The van der Waals surface area contributed by atoms with E-state index in [9.17, 15) is 8.42 Å². The van der Waals surface area contributed by atoms with Crippen LogP contribution in [-0.2, 0) is 15.3 Å². The molecule has 0 bridgehead atoms. The summed E-state index contributed by atoms with van der Waals surface area (Å²) in [5.41, 5.74) is 2.45. The van der Waals surface area contributed by atoms with E-state index in [4.69, 9.17) is 0 Å². The van der Waals surface area contributed by atoms with Crippen molar-refractivity contribution in [2.75, 3.05) is 11.5 Å². The molecule has 0 amide bonds. The molecule has 0 spiro atoms. The van der Waals surface area contributed by atoms with Crippen LogP contribution in [0.4, 0.5) is 0 Å². The van der Waals surface area contributed by atoms with Crippen LogP contribution in [0.25, 0.3) is 0 Å².